The third-order valence-electron chi connectivity index (χ3n) is 4.42. The van der Waals surface area contributed by atoms with Crippen molar-refractivity contribution in [1.29, 1.82) is 0 Å². The van der Waals surface area contributed by atoms with E-state index in [1.165, 1.54) is 4.88 Å². The predicted molar refractivity (Wildman–Crippen MR) is 83.3 cm³/mol. The van der Waals surface area contributed by atoms with Crippen LogP contribution in [0.3, 0.4) is 0 Å². The zero-order valence-electron chi connectivity index (χ0n) is 12.0. The van der Waals surface area contributed by atoms with Crippen molar-refractivity contribution in [3.63, 3.8) is 0 Å². The van der Waals surface area contributed by atoms with Crippen LogP contribution in [-0.2, 0) is 11.3 Å². The van der Waals surface area contributed by atoms with Crippen LogP contribution < -0.4 is 0 Å². The van der Waals surface area contributed by atoms with Gasteiger partial charge < -0.3 is 5.11 Å². The van der Waals surface area contributed by atoms with Crippen LogP contribution in [0.25, 0.3) is 0 Å². The number of hydrogen-bond acceptors (Lipinski definition) is 3. The summed E-state index contributed by atoms with van der Waals surface area (Å²) in [5.41, 5.74) is 0. The molecule has 1 N–H and O–H groups in total. The summed E-state index contributed by atoms with van der Waals surface area (Å²) in [5.74, 6) is -0.233. The molecule has 0 spiro atoms. The number of aliphatic carboxylic acids is 1. The SMILES string of the molecule is CCC1CCC(C(=O)O)C(N(C)Cc2ccc(Cl)s2)C1. The highest BCUT2D eigenvalue weighted by atomic mass is 35.5. The normalized spacial score (nSPS) is 26.9. The van der Waals surface area contributed by atoms with Gasteiger partial charge in [0.1, 0.15) is 0 Å². The highest BCUT2D eigenvalue weighted by Gasteiger charge is 2.36. The van der Waals surface area contributed by atoms with E-state index in [1.807, 2.05) is 19.2 Å². The molecule has 0 saturated heterocycles. The first-order chi connectivity index (χ1) is 9.51. The molecule has 2 rings (SSSR count). The molecule has 0 radical (unpaired) electrons. The molecule has 1 aromatic rings. The lowest BCUT2D eigenvalue weighted by Gasteiger charge is -2.39. The van der Waals surface area contributed by atoms with Gasteiger partial charge in [-0.05, 0) is 44.4 Å². The Morgan fingerprint density at radius 1 is 1.50 bits per heavy atom. The summed E-state index contributed by atoms with van der Waals surface area (Å²) in [4.78, 5) is 14.9. The van der Waals surface area contributed by atoms with Crippen LogP contribution in [0.5, 0.6) is 0 Å². The molecular formula is C15H22ClNO2S. The summed E-state index contributed by atoms with van der Waals surface area (Å²) in [7, 11) is 2.03. The molecule has 1 saturated carbocycles. The number of rotatable bonds is 5. The second-order valence-corrected chi connectivity index (χ2v) is 7.52. The number of carboxylic acid groups (broad SMARTS) is 1. The molecule has 1 aromatic heterocycles. The van der Waals surface area contributed by atoms with Crippen molar-refractivity contribution in [2.75, 3.05) is 7.05 Å². The molecule has 3 nitrogen and oxygen atoms in total. The number of nitrogens with zero attached hydrogens (tertiary/aromatic N) is 1. The summed E-state index contributed by atoms with van der Waals surface area (Å²) < 4.78 is 0.790. The van der Waals surface area contributed by atoms with Crippen molar-refractivity contribution >= 4 is 28.9 Å². The second-order valence-electron chi connectivity index (χ2n) is 5.72. The van der Waals surface area contributed by atoms with Crippen LogP contribution in [0.4, 0.5) is 0 Å². The summed E-state index contributed by atoms with van der Waals surface area (Å²) in [5, 5.41) is 9.44. The lowest BCUT2D eigenvalue weighted by Crippen LogP contribution is -2.45. The van der Waals surface area contributed by atoms with E-state index in [1.54, 1.807) is 11.3 Å². The van der Waals surface area contributed by atoms with Crippen LogP contribution in [0.2, 0.25) is 4.34 Å². The van der Waals surface area contributed by atoms with Crippen molar-refractivity contribution in [3.05, 3.63) is 21.3 Å². The largest absolute Gasteiger partial charge is 0.481 e. The van der Waals surface area contributed by atoms with Gasteiger partial charge in [0.15, 0.2) is 0 Å². The fourth-order valence-corrected chi connectivity index (χ4v) is 4.33. The molecule has 0 bridgehead atoms. The summed E-state index contributed by atoms with van der Waals surface area (Å²) >= 11 is 7.53. The third-order valence-corrected chi connectivity index (χ3v) is 5.64. The van der Waals surface area contributed by atoms with Gasteiger partial charge in [-0.3, -0.25) is 9.69 Å². The number of carboxylic acids is 1. The molecule has 0 amide bonds. The van der Waals surface area contributed by atoms with Gasteiger partial charge in [-0.2, -0.15) is 0 Å². The monoisotopic (exact) mass is 315 g/mol. The van der Waals surface area contributed by atoms with Gasteiger partial charge in [-0.15, -0.1) is 11.3 Å². The van der Waals surface area contributed by atoms with E-state index in [9.17, 15) is 9.90 Å². The molecule has 1 heterocycles. The van der Waals surface area contributed by atoms with Gasteiger partial charge in [-0.1, -0.05) is 24.9 Å². The van der Waals surface area contributed by atoms with Crippen LogP contribution >= 0.6 is 22.9 Å². The molecule has 0 aliphatic heterocycles. The average molecular weight is 316 g/mol. The van der Waals surface area contributed by atoms with Crippen molar-refractivity contribution in [3.8, 4) is 0 Å². The van der Waals surface area contributed by atoms with Crippen LogP contribution in [0, 0.1) is 11.8 Å². The zero-order chi connectivity index (χ0) is 14.7. The number of thiophene rings is 1. The van der Waals surface area contributed by atoms with E-state index < -0.39 is 5.97 Å². The van der Waals surface area contributed by atoms with Crippen LogP contribution in [0.1, 0.15) is 37.5 Å². The Bertz CT molecular complexity index is 462. The van der Waals surface area contributed by atoms with E-state index in [0.29, 0.717) is 5.92 Å². The van der Waals surface area contributed by atoms with E-state index >= 15 is 0 Å². The predicted octanol–water partition coefficient (Wildman–Crippen LogP) is 4.11. The Balaban J connectivity index is 2.06. The molecule has 5 heteroatoms. The van der Waals surface area contributed by atoms with Gasteiger partial charge in [-0.25, -0.2) is 0 Å². The lowest BCUT2D eigenvalue weighted by atomic mass is 9.76. The van der Waals surface area contributed by atoms with E-state index in [2.05, 4.69) is 11.8 Å². The number of hydrogen-bond donors (Lipinski definition) is 1. The van der Waals surface area contributed by atoms with Crippen LogP contribution in [0.15, 0.2) is 12.1 Å². The standard InChI is InChI=1S/C15H22ClNO2S/c1-3-10-4-6-12(15(18)19)13(8-10)17(2)9-11-5-7-14(16)20-11/h5,7,10,12-13H,3-4,6,8-9H2,1-2H3,(H,18,19). The maximum atomic E-state index is 11.5. The minimum atomic E-state index is -0.652. The molecule has 1 fully saturated rings. The second kappa shape index (κ2) is 6.92. The topological polar surface area (TPSA) is 40.5 Å². The highest BCUT2D eigenvalue weighted by Crippen LogP contribution is 2.35. The van der Waals surface area contributed by atoms with E-state index in [0.717, 1.165) is 36.6 Å². The van der Waals surface area contributed by atoms with Crippen molar-refractivity contribution in [1.82, 2.24) is 4.90 Å². The molecule has 20 heavy (non-hydrogen) atoms. The fraction of sp³-hybridized carbons (Fsp3) is 0.667. The Hall–Kier alpha value is -0.580. The van der Waals surface area contributed by atoms with Gasteiger partial charge in [0.05, 0.1) is 10.3 Å². The van der Waals surface area contributed by atoms with Gasteiger partial charge in [0.25, 0.3) is 0 Å². The molecule has 3 unspecified atom stereocenters. The smallest absolute Gasteiger partial charge is 0.308 e. The lowest BCUT2D eigenvalue weighted by molar-refractivity contribution is -0.146. The molecule has 1 aliphatic rings. The quantitative estimate of drug-likeness (QED) is 0.888. The molecule has 1 aliphatic carbocycles. The van der Waals surface area contributed by atoms with Gasteiger partial charge in [0, 0.05) is 17.5 Å². The Labute approximate surface area is 129 Å². The number of halogens is 1. The van der Waals surface area contributed by atoms with Crippen molar-refractivity contribution in [2.45, 2.75) is 45.2 Å². The van der Waals surface area contributed by atoms with Crippen molar-refractivity contribution < 1.29 is 9.90 Å². The Morgan fingerprint density at radius 2 is 2.25 bits per heavy atom. The first-order valence-electron chi connectivity index (χ1n) is 7.18. The van der Waals surface area contributed by atoms with Crippen LogP contribution in [-0.4, -0.2) is 29.1 Å². The maximum absolute atomic E-state index is 11.5. The Morgan fingerprint density at radius 3 is 2.80 bits per heavy atom. The molecule has 0 aromatic carbocycles. The average Bonchev–Trinajstić information content (AvgIpc) is 2.83. The molecular weight excluding hydrogens is 294 g/mol. The van der Waals surface area contributed by atoms with E-state index in [4.69, 9.17) is 11.6 Å². The minimum absolute atomic E-state index is 0.132. The Kier molecular flexibility index (Phi) is 5.47. The first-order valence-corrected chi connectivity index (χ1v) is 8.38. The first kappa shape index (κ1) is 15.8. The molecule has 112 valence electrons. The summed E-state index contributed by atoms with van der Waals surface area (Å²) in [6.07, 6.45) is 3.97. The summed E-state index contributed by atoms with van der Waals surface area (Å²) in [6.45, 7) is 2.98. The van der Waals surface area contributed by atoms with Gasteiger partial charge in [0.2, 0.25) is 0 Å². The van der Waals surface area contributed by atoms with Crippen molar-refractivity contribution in [2.24, 2.45) is 11.8 Å². The van der Waals surface area contributed by atoms with Gasteiger partial charge >= 0.3 is 5.97 Å². The fourth-order valence-electron chi connectivity index (χ4n) is 3.18. The zero-order valence-corrected chi connectivity index (χ0v) is 13.6. The third kappa shape index (κ3) is 3.74. The number of carbonyl (C=O) groups is 1. The summed E-state index contributed by atoms with van der Waals surface area (Å²) in [6, 6.07) is 4.06. The maximum Gasteiger partial charge on any atom is 0.308 e. The molecule has 3 atom stereocenters. The van der Waals surface area contributed by atoms with E-state index in [-0.39, 0.29) is 12.0 Å². The minimum Gasteiger partial charge on any atom is -0.481 e. The highest BCUT2D eigenvalue weighted by molar-refractivity contribution is 7.16.